The highest BCUT2D eigenvalue weighted by Crippen LogP contribution is 2.31. The molecule has 0 aliphatic heterocycles. The fraction of sp³-hybridized carbons (Fsp3) is 0.600. The van der Waals surface area contributed by atoms with Gasteiger partial charge in [-0.2, -0.15) is 0 Å². The predicted octanol–water partition coefficient (Wildman–Crippen LogP) is 3.80. The Bertz CT molecular complexity index is 521. The van der Waals surface area contributed by atoms with Crippen molar-refractivity contribution in [3.05, 3.63) is 21.3 Å². The summed E-state index contributed by atoms with van der Waals surface area (Å²) in [6.45, 7) is 1.78. The molecule has 1 fully saturated rings. The second-order valence-corrected chi connectivity index (χ2v) is 7.40. The van der Waals surface area contributed by atoms with E-state index < -0.39 is 11.5 Å². The molecule has 0 aromatic carbocycles. The lowest BCUT2D eigenvalue weighted by molar-refractivity contribution is -0.148. The zero-order valence-corrected chi connectivity index (χ0v) is 13.6. The van der Waals surface area contributed by atoms with Crippen molar-refractivity contribution in [2.24, 2.45) is 0 Å². The third-order valence-corrected chi connectivity index (χ3v) is 5.56. The number of carboxylic acid groups (broad SMARTS) is 1. The van der Waals surface area contributed by atoms with Crippen molar-refractivity contribution in [3.63, 3.8) is 0 Å². The normalized spacial score (nSPS) is 19.5. The number of carbonyl (C=O) groups excluding carboxylic acids is 1. The van der Waals surface area contributed by atoms with Crippen LogP contribution in [0.5, 0.6) is 0 Å². The van der Waals surface area contributed by atoms with Crippen molar-refractivity contribution >= 4 is 34.8 Å². The lowest BCUT2D eigenvalue weighted by Crippen LogP contribution is -2.55. The average Bonchev–Trinajstić information content (AvgIpc) is 2.72. The number of halogens is 1. The minimum absolute atomic E-state index is 0.238. The first kappa shape index (κ1) is 16.3. The summed E-state index contributed by atoms with van der Waals surface area (Å²) in [4.78, 5) is 25.0. The van der Waals surface area contributed by atoms with Crippen LogP contribution in [0.4, 0.5) is 0 Å². The van der Waals surface area contributed by atoms with Crippen molar-refractivity contribution in [2.75, 3.05) is 0 Å². The van der Waals surface area contributed by atoms with Crippen molar-refractivity contribution in [2.45, 2.75) is 56.9 Å². The maximum Gasteiger partial charge on any atom is 0.329 e. The minimum atomic E-state index is -1.11. The van der Waals surface area contributed by atoms with Gasteiger partial charge in [0.25, 0.3) is 0 Å². The number of hydrogen-bond acceptors (Lipinski definition) is 3. The molecule has 21 heavy (non-hydrogen) atoms. The Hall–Kier alpha value is -1.07. The maximum atomic E-state index is 12.4. The van der Waals surface area contributed by atoms with Gasteiger partial charge in [0.2, 0.25) is 5.91 Å². The molecular formula is C15H20ClNO3S. The Labute approximate surface area is 133 Å². The summed E-state index contributed by atoms with van der Waals surface area (Å²) in [5.74, 6) is -1.55. The number of thiophene rings is 1. The highest BCUT2D eigenvalue weighted by atomic mass is 35.5. The first-order valence-corrected chi connectivity index (χ1v) is 8.45. The molecule has 0 radical (unpaired) electrons. The maximum absolute atomic E-state index is 12.4. The number of rotatable bonds is 4. The molecule has 1 amide bonds. The largest absolute Gasteiger partial charge is 0.480 e. The van der Waals surface area contributed by atoms with Crippen LogP contribution < -0.4 is 5.32 Å². The molecule has 1 aliphatic carbocycles. The molecule has 0 bridgehead atoms. The summed E-state index contributed by atoms with van der Waals surface area (Å²) in [5, 5.41) is 12.4. The highest BCUT2D eigenvalue weighted by molar-refractivity contribution is 7.16. The van der Waals surface area contributed by atoms with Crippen LogP contribution in [0.1, 0.15) is 56.2 Å². The fourth-order valence-corrected chi connectivity index (χ4v) is 3.87. The lowest BCUT2D eigenvalue weighted by atomic mass is 9.89. The number of amides is 1. The summed E-state index contributed by atoms with van der Waals surface area (Å²) in [6.07, 6.45) is 4.75. The first-order chi connectivity index (χ1) is 9.94. The van der Waals surface area contributed by atoms with E-state index in [4.69, 9.17) is 11.6 Å². The molecule has 1 saturated carbocycles. The average molecular weight is 330 g/mol. The van der Waals surface area contributed by atoms with Gasteiger partial charge in [-0.15, -0.1) is 11.3 Å². The number of aliphatic carboxylic acids is 1. The molecule has 1 heterocycles. The highest BCUT2D eigenvalue weighted by Gasteiger charge is 2.40. The predicted molar refractivity (Wildman–Crippen MR) is 84.0 cm³/mol. The summed E-state index contributed by atoms with van der Waals surface area (Å²) < 4.78 is 0.632. The van der Waals surface area contributed by atoms with Crippen LogP contribution in [0, 0.1) is 0 Å². The Kier molecular flexibility index (Phi) is 5.27. The summed E-state index contributed by atoms with van der Waals surface area (Å²) in [5.41, 5.74) is -1.11. The van der Waals surface area contributed by atoms with Crippen LogP contribution >= 0.6 is 22.9 Å². The number of carbonyl (C=O) groups is 2. The molecule has 1 unspecified atom stereocenters. The fourth-order valence-electron chi connectivity index (χ4n) is 2.76. The molecule has 0 saturated heterocycles. The van der Waals surface area contributed by atoms with E-state index in [-0.39, 0.29) is 11.8 Å². The number of carboxylic acids is 1. The van der Waals surface area contributed by atoms with Crippen LogP contribution in [0.3, 0.4) is 0 Å². The molecule has 2 N–H and O–H groups in total. The SMILES string of the molecule is CC(C(=O)NC1(C(=O)O)CCCCCC1)c1ccc(Cl)s1. The van der Waals surface area contributed by atoms with Gasteiger partial charge in [-0.25, -0.2) is 4.79 Å². The van der Waals surface area contributed by atoms with Crippen molar-refractivity contribution in [3.8, 4) is 0 Å². The van der Waals surface area contributed by atoms with E-state index in [1.807, 2.05) is 6.07 Å². The van der Waals surface area contributed by atoms with Gasteiger partial charge in [0.1, 0.15) is 5.54 Å². The smallest absolute Gasteiger partial charge is 0.329 e. The van der Waals surface area contributed by atoms with E-state index in [1.54, 1.807) is 13.0 Å². The molecule has 1 aromatic rings. The van der Waals surface area contributed by atoms with Gasteiger partial charge in [0.15, 0.2) is 0 Å². The number of hydrogen-bond donors (Lipinski definition) is 2. The van der Waals surface area contributed by atoms with Crippen molar-refractivity contribution in [1.82, 2.24) is 5.32 Å². The molecule has 2 rings (SSSR count). The van der Waals surface area contributed by atoms with E-state index in [1.165, 1.54) is 11.3 Å². The van der Waals surface area contributed by atoms with Gasteiger partial charge in [-0.1, -0.05) is 37.3 Å². The summed E-state index contributed by atoms with van der Waals surface area (Å²) >= 11 is 7.25. The minimum Gasteiger partial charge on any atom is -0.480 e. The van der Waals surface area contributed by atoms with Crippen LogP contribution in [-0.4, -0.2) is 22.5 Å². The molecule has 1 aromatic heterocycles. The second kappa shape index (κ2) is 6.79. The zero-order valence-electron chi connectivity index (χ0n) is 12.0. The quantitative estimate of drug-likeness (QED) is 0.826. The summed E-state index contributed by atoms with van der Waals surface area (Å²) in [6, 6.07) is 3.57. The monoisotopic (exact) mass is 329 g/mol. The van der Waals surface area contributed by atoms with Crippen LogP contribution in [0.2, 0.25) is 4.34 Å². The van der Waals surface area contributed by atoms with E-state index in [0.717, 1.165) is 30.6 Å². The standard InChI is InChI=1S/C15H20ClNO3S/c1-10(11-6-7-12(16)21-11)13(18)17-15(14(19)20)8-4-2-3-5-9-15/h6-7,10H,2-5,8-9H2,1H3,(H,17,18)(H,19,20). The molecular weight excluding hydrogens is 310 g/mol. The van der Waals surface area contributed by atoms with E-state index in [2.05, 4.69) is 5.32 Å². The molecule has 4 nitrogen and oxygen atoms in total. The topological polar surface area (TPSA) is 66.4 Å². The van der Waals surface area contributed by atoms with Gasteiger partial charge < -0.3 is 10.4 Å². The van der Waals surface area contributed by atoms with Gasteiger partial charge in [-0.3, -0.25) is 4.79 Å². The van der Waals surface area contributed by atoms with Gasteiger partial charge in [-0.05, 0) is 31.9 Å². The Balaban J connectivity index is 2.12. The number of nitrogens with one attached hydrogen (secondary N) is 1. The Morgan fingerprint density at radius 3 is 2.38 bits per heavy atom. The Morgan fingerprint density at radius 1 is 1.29 bits per heavy atom. The van der Waals surface area contributed by atoms with E-state index >= 15 is 0 Å². The van der Waals surface area contributed by atoms with Gasteiger partial charge >= 0.3 is 5.97 Å². The first-order valence-electron chi connectivity index (χ1n) is 7.25. The van der Waals surface area contributed by atoms with Gasteiger partial charge in [0, 0.05) is 4.88 Å². The van der Waals surface area contributed by atoms with Gasteiger partial charge in [0.05, 0.1) is 10.3 Å². The third-order valence-electron chi connectivity index (χ3n) is 4.14. The molecule has 116 valence electrons. The third kappa shape index (κ3) is 3.77. The second-order valence-electron chi connectivity index (χ2n) is 5.65. The molecule has 1 atom stereocenters. The lowest BCUT2D eigenvalue weighted by Gasteiger charge is -2.30. The molecule has 0 spiro atoms. The van der Waals surface area contributed by atoms with E-state index in [9.17, 15) is 14.7 Å². The Morgan fingerprint density at radius 2 is 1.90 bits per heavy atom. The van der Waals surface area contributed by atoms with Crippen LogP contribution in [0.15, 0.2) is 12.1 Å². The van der Waals surface area contributed by atoms with Crippen LogP contribution in [0.25, 0.3) is 0 Å². The summed E-state index contributed by atoms with van der Waals surface area (Å²) in [7, 11) is 0. The van der Waals surface area contributed by atoms with E-state index in [0.29, 0.717) is 17.2 Å². The van der Waals surface area contributed by atoms with Crippen molar-refractivity contribution < 1.29 is 14.7 Å². The van der Waals surface area contributed by atoms with Crippen molar-refractivity contribution in [1.29, 1.82) is 0 Å². The molecule has 1 aliphatic rings. The molecule has 6 heteroatoms. The zero-order chi connectivity index (χ0) is 15.5. The van der Waals surface area contributed by atoms with Crippen LogP contribution in [-0.2, 0) is 9.59 Å².